The van der Waals surface area contributed by atoms with Crippen LogP contribution in [-0.4, -0.2) is 126 Å². The molecule has 6 amide bonds. The summed E-state index contributed by atoms with van der Waals surface area (Å²) in [4.78, 5) is 88.0. The van der Waals surface area contributed by atoms with Gasteiger partial charge >= 0.3 is 0 Å². The van der Waals surface area contributed by atoms with Gasteiger partial charge in [0, 0.05) is 52.7 Å². The summed E-state index contributed by atoms with van der Waals surface area (Å²) in [5.74, 6) is -1.85. The molecular formula is C44H68Cl2N8O6. The first-order valence-corrected chi connectivity index (χ1v) is 21.0. The lowest BCUT2D eigenvalue weighted by molar-refractivity contribution is -0.145. The molecule has 2 aliphatic heterocycles. The van der Waals surface area contributed by atoms with Crippen LogP contribution in [0.25, 0.3) is 0 Å². The van der Waals surface area contributed by atoms with Crippen LogP contribution in [0.5, 0.6) is 0 Å². The van der Waals surface area contributed by atoms with Gasteiger partial charge in [-0.1, -0.05) is 93.3 Å². The minimum Gasteiger partial charge on any atom is -0.344 e. The van der Waals surface area contributed by atoms with E-state index in [1.807, 2.05) is 60.7 Å². The summed E-state index contributed by atoms with van der Waals surface area (Å²) in [5.41, 5.74) is 7.78. The van der Waals surface area contributed by atoms with Crippen molar-refractivity contribution in [3.63, 3.8) is 0 Å². The molecule has 2 saturated heterocycles. The average Bonchev–Trinajstić information content (AvgIpc) is 3.94. The summed E-state index contributed by atoms with van der Waals surface area (Å²) >= 11 is 0. The van der Waals surface area contributed by atoms with Gasteiger partial charge in [-0.05, 0) is 63.6 Å². The molecule has 0 aromatic heterocycles. The number of rotatable bonds is 21. The van der Waals surface area contributed by atoms with E-state index in [1.165, 1.54) is 0 Å². The van der Waals surface area contributed by atoms with Crippen LogP contribution >= 0.6 is 24.8 Å². The zero-order valence-electron chi connectivity index (χ0n) is 36.0. The molecule has 0 aliphatic carbocycles. The van der Waals surface area contributed by atoms with Gasteiger partial charge < -0.3 is 41.3 Å². The third-order valence-electron chi connectivity index (χ3n) is 11.5. The number of nitrogens with zero attached hydrogens (tertiary/aromatic N) is 4. The largest absolute Gasteiger partial charge is 0.344 e. The van der Waals surface area contributed by atoms with E-state index in [2.05, 4.69) is 16.0 Å². The molecule has 2 aliphatic rings. The van der Waals surface area contributed by atoms with Crippen molar-refractivity contribution < 1.29 is 28.8 Å². The first-order chi connectivity index (χ1) is 27.9. The number of hydrogen-bond donors (Lipinski definition) is 4. The minimum atomic E-state index is -0.810. The molecule has 6 atom stereocenters. The van der Waals surface area contributed by atoms with E-state index in [9.17, 15) is 28.8 Å². The summed E-state index contributed by atoms with van der Waals surface area (Å²) in [6.45, 7) is 5.33. The van der Waals surface area contributed by atoms with Gasteiger partial charge in [-0.2, -0.15) is 0 Å². The summed E-state index contributed by atoms with van der Waals surface area (Å²) < 4.78 is 0. The third kappa shape index (κ3) is 14.7. The number of nitrogens with two attached hydrogens (primary N) is 1. The molecule has 0 saturated carbocycles. The number of likely N-dealkylation sites (N-methyl/N-ethyl adjacent to an activating group) is 3. The van der Waals surface area contributed by atoms with Gasteiger partial charge in [0.2, 0.25) is 35.4 Å². The van der Waals surface area contributed by atoms with E-state index in [0.717, 1.165) is 11.1 Å². The first-order valence-electron chi connectivity index (χ1n) is 21.0. The Bertz CT molecular complexity index is 1550. The van der Waals surface area contributed by atoms with E-state index in [0.29, 0.717) is 90.4 Å². The van der Waals surface area contributed by atoms with E-state index in [4.69, 9.17) is 5.73 Å². The van der Waals surface area contributed by atoms with Gasteiger partial charge in [-0.3, -0.25) is 28.8 Å². The van der Waals surface area contributed by atoms with Crippen LogP contribution in [-0.2, 0) is 41.9 Å². The van der Waals surface area contributed by atoms with Crippen LogP contribution < -0.4 is 21.7 Å². The fourth-order valence-corrected chi connectivity index (χ4v) is 7.77. The number of hydrogen-bond acceptors (Lipinski definition) is 8. The number of carbonyl (C=O) groups is 6. The standard InChI is InChI=1S/C44H66N8O6.2ClH/c1-31(28-45)39(53)47-35(41(55)51-26-16-24-37(51)43(57)49(4)29-33-18-10-8-11-19-33)22-14-6-7-15-23-36(48-40(54)32(2)46-3)42(56)52-27-17-25-38(52)44(58)50(5)30-34-20-12-9-13-21-34;;/h8-13,18-21,31-32,35-38,46H,6-7,14-17,22-30,45H2,1-5H3,(H,47,53)(H,48,54);2*1H/t31-,32+,35+,36+,37+,38+;;/m1../s1. The lowest BCUT2D eigenvalue weighted by Gasteiger charge is -2.32. The molecule has 60 heavy (non-hydrogen) atoms. The molecule has 14 nitrogen and oxygen atoms in total. The van der Waals surface area contributed by atoms with Crippen LogP contribution in [0.2, 0.25) is 0 Å². The molecule has 2 heterocycles. The molecule has 0 unspecified atom stereocenters. The lowest BCUT2D eigenvalue weighted by atomic mass is 10.0. The Morgan fingerprint density at radius 3 is 1.45 bits per heavy atom. The van der Waals surface area contributed by atoms with Gasteiger partial charge in [-0.15, -0.1) is 24.8 Å². The van der Waals surface area contributed by atoms with Crippen molar-refractivity contribution in [3.05, 3.63) is 71.8 Å². The second-order valence-corrected chi connectivity index (χ2v) is 16.0. The maximum absolute atomic E-state index is 14.1. The van der Waals surface area contributed by atoms with Crippen LogP contribution in [0.1, 0.15) is 89.2 Å². The van der Waals surface area contributed by atoms with Crippen molar-refractivity contribution in [2.45, 2.75) is 121 Å². The molecule has 334 valence electrons. The van der Waals surface area contributed by atoms with E-state index >= 15 is 0 Å². The van der Waals surface area contributed by atoms with Gasteiger partial charge in [0.05, 0.1) is 6.04 Å². The molecular weight excluding hydrogens is 807 g/mol. The first kappa shape index (κ1) is 51.9. The molecule has 2 aromatic carbocycles. The highest BCUT2D eigenvalue weighted by atomic mass is 35.5. The van der Waals surface area contributed by atoms with Crippen LogP contribution in [0.4, 0.5) is 0 Å². The highest BCUT2D eigenvalue weighted by Crippen LogP contribution is 2.24. The molecule has 4 rings (SSSR count). The molecule has 0 spiro atoms. The van der Waals surface area contributed by atoms with Gasteiger partial charge in [-0.25, -0.2) is 0 Å². The van der Waals surface area contributed by atoms with Gasteiger partial charge in [0.15, 0.2) is 0 Å². The smallest absolute Gasteiger partial charge is 0.245 e. The topological polar surface area (TPSA) is 177 Å². The second kappa shape index (κ2) is 26.2. The van der Waals surface area contributed by atoms with Crippen molar-refractivity contribution in [3.8, 4) is 0 Å². The van der Waals surface area contributed by atoms with Crippen molar-refractivity contribution >= 4 is 60.3 Å². The molecule has 2 aromatic rings. The maximum atomic E-state index is 14.1. The SMILES string of the molecule is CN[C@@H](C)C(=O)N[C@@H](CCCCCC[C@H](NC(=O)[C@H](C)CN)C(=O)N1CCC[C@H]1C(=O)N(C)Cc1ccccc1)C(=O)N1CCC[C@H]1C(=O)N(C)Cc1ccccc1.Cl.Cl. The molecule has 0 bridgehead atoms. The number of likely N-dealkylation sites (tertiary alicyclic amines) is 2. The van der Waals surface area contributed by atoms with Crippen LogP contribution in [0.3, 0.4) is 0 Å². The molecule has 16 heteroatoms. The Morgan fingerprint density at radius 1 is 0.667 bits per heavy atom. The Balaban J connectivity index is 0.00000620. The van der Waals surface area contributed by atoms with E-state index < -0.39 is 36.1 Å². The van der Waals surface area contributed by atoms with Crippen molar-refractivity contribution in [1.29, 1.82) is 0 Å². The fraction of sp³-hybridized carbons (Fsp3) is 0.591. The minimum absolute atomic E-state index is 0. The second-order valence-electron chi connectivity index (χ2n) is 16.0. The number of nitrogens with one attached hydrogen (secondary N) is 3. The summed E-state index contributed by atoms with van der Waals surface area (Å²) in [7, 11) is 5.18. The number of unbranched alkanes of at least 4 members (excludes halogenated alkanes) is 3. The number of amides is 6. The predicted octanol–water partition coefficient (Wildman–Crippen LogP) is 3.64. The van der Waals surface area contributed by atoms with Crippen LogP contribution in [0.15, 0.2) is 60.7 Å². The molecule has 5 N–H and O–H groups in total. The monoisotopic (exact) mass is 874 g/mol. The zero-order chi connectivity index (χ0) is 42.2. The predicted molar refractivity (Wildman–Crippen MR) is 238 cm³/mol. The normalized spacial score (nSPS) is 17.9. The number of carbonyl (C=O) groups excluding carboxylic acids is 6. The highest BCUT2D eigenvalue weighted by molar-refractivity contribution is 5.94. The summed E-state index contributed by atoms with van der Waals surface area (Å²) in [5, 5.41) is 8.80. The van der Waals surface area contributed by atoms with Crippen molar-refractivity contribution in [1.82, 2.24) is 35.6 Å². The zero-order valence-corrected chi connectivity index (χ0v) is 37.6. The Labute approximate surface area is 368 Å². The fourth-order valence-electron chi connectivity index (χ4n) is 7.77. The highest BCUT2D eigenvalue weighted by Gasteiger charge is 2.40. The Morgan fingerprint density at radius 2 is 1.07 bits per heavy atom. The van der Waals surface area contributed by atoms with Gasteiger partial charge in [0.1, 0.15) is 24.2 Å². The van der Waals surface area contributed by atoms with Crippen molar-refractivity contribution in [2.75, 3.05) is 40.8 Å². The van der Waals surface area contributed by atoms with Gasteiger partial charge in [0.25, 0.3) is 0 Å². The van der Waals surface area contributed by atoms with E-state index in [1.54, 1.807) is 54.6 Å². The Hall–Kier alpha value is -4.24. The summed E-state index contributed by atoms with van der Waals surface area (Å²) in [6.07, 6.45) is 5.96. The Kier molecular flexibility index (Phi) is 22.6. The number of benzene rings is 2. The lowest BCUT2D eigenvalue weighted by Crippen LogP contribution is -2.55. The third-order valence-corrected chi connectivity index (χ3v) is 11.5. The van der Waals surface area contributed by atoms with E-state index in [-0.39, 0.29) is 66.8 Å². The van der Waals surface area contributed by atoms with Crippen molar-refractivity contribution in [2.24, 2.45) is 11.7 Å². The number of halogens is 2. The summed E-state index contributed by atoms with van der Waals surface area (Å²) in [6, 6.07) is 16.1. The average molecular weight is 876 g/mol. The maximum Gasteiger partial charge on any atom is 0.245 e. The quantitative estimate of drug-likeness (QED) is 0.138. The van der Waals surface area contributed by atoms with Crippen LogP contribution in [0, 0.1) is 5.92 Å². The molecule has 2 fully saturated rings. The molecule has 0 radical (unpaired) electrons.